The summed E-state index contributed by atoms with van der Waals surface area (Å²) >= 11 is 0. The summed E-state index contributed by atoms with van der Waals surface area (Å²) in [6.07, 6.45) is 2.55. The molecular formula is C26H25N3O3. The van der Waals surface area contributed by atoms with Crippen LogP contribution in [-0.2, 0) is 11.2 Å². The fraction of sp³-hybridized carbons (Fsp3) is 0.192. The molecule has 0 radical (unpaired) electrons. The Bertz CT molecular complexity index is 1120. The van der Waals surface area contributed by atoms with Gasteiger partial charge in [0.05, 0.1) is 11.3 Å². The van der Waals surface area contributed by atoms with Crippen molar-refractivity contribution in [1.29, 1.82) is 0 Å². The van der Waals surface area contributed by atoms with Gasteiger partial charge in [-0.1, -0.05) is 48.5 Å². The number of amides is 3. The largest absolute Gasteiger partial charge is 0.352 e. The van der Waals surface area contributed by atoms with Gasteiger partial charge >= 0.3 is 0 Å². The number of carbonyl (C=O) groups is 3. The molecule has 3 aromatic carbocycles. The second-order valence-corrected chi connectivity index (χ2v) is 7.84. The van der Waals surface area contributed by atoms with Crippen molar-refractivity contribution in [3.63, 3.8) is 0 Å². The van der Waals surface area contributed by atoms with Crippen molar-refractivity contribution in [3.8, 4) is 0 Å². The van der Waals surface area contributed by atoms with Crippen molar-refractivity contribution in [3.05, 3.63) is 95.6 Å². The maximum atomic E-state index is 12.8. The van der Waals surface area contributed by atoms with Gasteiger partial charge in [0.15, 0.2) is 0 Å². The van der Waals surface area contributed by atoms with E-state index in [-0.39, 0.29) is 23.6 Å². The van der Waals surface area contributed by atoms with E-state index in [4.69, 9.17) is 0 Å². The van der Waals surface area contributed by atoms with Gasteiger partial charge in [-0.15, -0.1) is 0 Å². The molecule has 6 heteroatoms. The van der Waals surface area contributed by atoms with E-state index >= 15 is 0 Å². The lowest BCUT2D eigenvalue weighted by Crippen LogP contribution is -2.27. The van der Waals surface area contributed by atoms with Crippen molar-refractivity contribution in [1.82, 2.24) is 5.32 Å². The second kappa shape index (κ2) is 9.92. The Hall–Kier alpha value is -3.93. The number of carbonyl (C=O) groups excluding carboxylic acids is 3. The van der Waals surface area contributed by atoms with Crippen LogP contribution in [-0.4, -0.2) is 24.3 Å². The molecule has 6 nitrogen and oxygen atoms in total. The van der Waals surface area contributed by atoms with Crippen LogP contribution in [0.25, 0.3) is 0 Å². The highest BCUT2D eigenvalue weighted by atomic mass is 16.2. The molecule has 0 saturated heterocycles. The third-order valence-corrected chi connectivity index (χ3v) is 5.30. The van der Waals surface area contributed by atoms with E-state index in [1.807, 2.05) is 30.3 Å². The molecule has 1 saturated carbocycles. The third-order valence-electron chi connectivity index (χ3n) is 5.30. The Labute approximate surface area is 187 Å². The first-order chi connectivity index (χ1) is 15.6. The van der Waals surface area contributed by atoms with Crippen molar-refractivity contribution >= 4 is 29.1 Å². The van der Waals surface area contributed by atoms with E-state index in [9.17, 15) is 14.4 Å². The van der Waals surface area contributed by atoms with Gasteiger partial charge in [-0.3, -0.25) is 14.4 Å². The Balaban J connectivity index is 1.39. The van der Waals surface area contributed by atoms with Crippen molar-refractivity contribution in [2.75, 3.05) is 17.2 Å². The lowest BCUT2D eigenvalue weighted by Gasteiger charge is -2.12. The molecule has 4 rings (SSSR count). The van der Waals surface area contributed by atoms with Gasteiger partial charge in [0.25, 0.3) is 11.8 Å². The standard InChI is InChI=1S/C26H25N3O3/c30-24(19-13-14-19)28-21-10-6-9-20(17-21)25(31)29-23-12-5-4-11-22(23)26(32)27-16-15-18-7-2-1-3-8-18/h1-12,17,19H,13-16H2,(H,27,32)(H,28,30)(H,29,31). The van der Waals surface area contributed by atoms with Crippen LogP contribution < -0.4 is 16.0 Å². The third kappa shape index (κ3) is 5.60. The normalized spacial score (nSPS) is 12.6. The molecule has 1 aliphatic carbocycles. The van der Waals surface area contributed by atoms with E-state index in [2.05, 4.69) is 16.0 Å². The Morgan fingerprint density at radius 2 is 1.53 bits per heavy atom. The van der Waals surface area contributed by atoms with Gasteiger partial charge in [0.2, 0.25) is 5.91 Å². The number of hydrogen-bond acceptors (Lipinski definition) is 3. The van der Waals surface area contributed by atoms with Crippen LogP contribution in [0, 0.1) is 5.92 Å². The van der Waals surface area contributed by atoms with Gasteiger partial charge in [0, 0.05) is 23.7 Å². The first-order valence-electron chi connectivity index (χ1n) is 10.7. The molecule has 1 aliphatic rings. The highest BCUT2D eigenvalue weighted by Gasteiger charge is 2.29. The Morgan fingerprint density at radius 3 is 2.31 bits per heavy atom. The quantitative estimate of drug-likeness (QED) is 0.502. The number of rotatable bonds is 8. The maximum absolute atomic E-state index is 12.8. The lowest BCUT2D eigenvalue weighted by molar-refractivity contribution is -0.117. The van der Waals surface area contributed by atoms with Crippen LogP contribution in [0.1, 0.15) is 39.1 Å². The molecule has 0 aliphatic heterocycles. The van der Waals surface area contributed by atoms with Crippen LogP contribution in [0.3, 0.4) is 0 Å². The van der Waals surface area contributed by atoms with E-state index in [0.29, 0.717) is 29.0 Å². The molecule has 0 bridgehead atoms. The molecule has 162 valence electrons. The van der Waals surface area contributed by atoms with Crippen LogP contribution in [0.15, 0.2) is 78.9 Å². The summed E-state index contributed by atoms with van der Waals surface area (Å²) in [5.74, 6) is -0.529. The number of benzene rings is 3. The summed E-state index contributed by atoms with van der Waals surface area (Å²) in [6.45, 7) is 0.494. The van der Waals surface area contributed by atoms with Crippen molar-refractivity contribution in [2.24, 2.45) is 5.92 Å². The predicted molar refractivity (Wildman–Crippen MR) is 125 cm³/mol. The first-order valence-corrected chi connectivity index (χ1v) is 10.7. The maximum Gasteiger partial charge on any atom is 0.255 e. The average Bonchev–Trinajstić information content (AvgIpc) is 3.66. The molecule has 3 N–H and O–H groups in total. The second-order valence-electron chi connectivity index (χ2n) is 7.84. The van der Waals surface area contributed by atoms with Crippen LogP contribution in [0.5, 0.6) is 0 Å². The SMILES string of the molecule is O=C(Nc1ccccc1C(=O)NCCc1ccccc1)c1cccc(NC(=O)C2CC2)c1. The van der Waals surface area contributed by atoms with E-state index in [1.165, 1.54) is 0 Å². The highest BCUT2D eigenvalue weighted by Crippen LogP contribution is 2.30. The van der Waals surface area contributed by atoms with Gasteiger partial charge in [0.1, 0.15) is 0 Å². The number of para-hydroxylation sites is 1. The Kier molecular flexibility index (Phi) is 6.60. The van der Waals surface area contributed by atoms with E-state index in [1.54, 1.807) is 48.5 Å². The molecule has 0 heterocycles. The molecule has 1 fully saturated rings. The molecule has 32 heavy (non-hydrogen) atoms. The smallest absolute Gasteiger partial charge is 0.255 e. The van der Waals surface area contributed by atoms with Crippen LogP contribution >= 0.6 is 0 Å². The van der Waals surface area contributed by atoms with Gasteiger partial charge in [-0.2, -0.15) is 0 Å². The monoisotopic (exact) mass is 427 g/mol. The summed E-state index contributed by atoms with van der Waals surface area (Å²) < 4.78 is 0. The summed E-state index contributed by atoms with van der Waals surface area (Å²) in [6, 6.07) is 23.6. The van der Waals surface area contributed by atoms with E-state index in [0.717, 1.165) is 24.8 Å². The molecule has 0 unspecified atom stereocenters. The number of nitrogens with one attached hydrogen (secondary N) is 3. The minimum atomic E-state index is -0.350. The Morgan fingerprint density at radius 1 is 0.781 bits per heavy atom. The fourth-order valence-corrected chi connectivity index (χ4v) is 3.37. The minimum Gasteiger partial charge on any atom is -0.352 e. The van der Waals surface area contributed by atoms with Gasteiger partial charge in [-0.05, 0) is 55.2 Å². The summed E-state index contributed by atoms with van der Waals surface area (Å²) in [5, 5.41) is 8.58. The first kappa shape index (κ1) is 21.3. The molecule has 0 spiro atoms. The number of anilines is 2. The van der Waals surface area contributed by atoms with Crippen LogP contribution in [0.2, 0.25) is 0 Å². The predicted octanol–water partition coefficient (Wildman–Crippen LogP) is 4.26. The summed E-state index contributed by atoms with van der Waals surface area (Å²) in [4.78, 5) is 37.5. The zero-order chi connectivity index (χ0) is 22.3. The van der Waals surface area contributed by atoms with Gasteiger partial charge in [-0.25, -0.2) is 0 Å². The average molecular weight is 428 g/mol. The molecule has 0 atom stereocenters. The molecule has 3 aromatic rings. The summed E-state index contributed by atoms with van der Waals surface area (Å²) in [5.41, 5.74) is 2.96. The molecule has 0 aromatic heterocycles. The van der Waals surface area contributed by atoms with Crippen LogP contribution in [0.4, 0.5) is 11.4 Å². The van der Waals surface area contributed by atoms with Gasteiger partial charge < -0.3 is 16.0 Å². The highest BCUT2D eigenvalue weighted by molar-refractivity contribution is 6.09. The van der Waals surface area contributed by atoms with E-state index < -0.39 is 0 Å². The lowest BCUT2D eigenvalue weighted by atomic mass is 10.1. The zero-order valence-electron chi connectivity index (χ0n) is 17.6. The topological polar surface area (TPSA) is 87.3 Å². The molecule has 3 amide bonds. The number of hydrogen-bond donors (Lipinski definition) is 3. The van der Waals surface area contributed by atoms with Crippen molar-refractivity contribution in [2.45, 2.75) is 19.3 Å². The fourth-order valence-electron chi connectivity index (χ4n) is 3.37. The van der Waals surface area contributed by atoms with Crippen molar-refractivity contribution < 1.29 is 14.4 Å². The minimum absolute atomic E-state index is 0.0138. The zero-order valence-corrected chi connectivity index (χ0v) is 17.6. The molecular weight excluding hydrogens is 402 g/mol. The summed E-state index contributed by atoms with van der Waals surface area (Å²) in [7, 11) is 0.